The van der Waals surface area contributed by atoms with Crippen molar-refractivity contribution in [2.45, 2.75) is 18.2 Å². The summed E-state index contributed by atoms with van der Waals surface area (Å²) >= 11 is 0. The van der Waals surface area contributed by atoms with Crippen LogP contribution in [0.4, 0.5) is 0 Å². The van der Waals surface area contributed by atoms with E-state index in [-0.39, 0.29) is 0 Å². The van der Waals surface area contributed by atoms with Crippen molar-refractivity contribution in [3.05, 3.63) is 41.5 Å². The molecule has 0 radical (unpaired) electrons. The van der Waals surface area contributed by atoms with E-state index in [4.69, 9.17) is 0 Å². The standard InChI is InChI=1S/C13H18N2O2S/c1-11-4-2-3-5-13(11)18(16,17)15-10-12-6-8-14-9-7-12/h2-6,14-15H,7-10H2,1H3. The Labute approximate surface area is 108 Å². The lowest BCUT2D eigenvalue weighted by molar-refractivity contribution is 0.581. The van der Waals surface area contributed by atoms with Gasteiger partial charge in [-0.05, 0) is 31.5 Å². The van der Waals surface area contributed by atoms with Crippen LogP contribution in [0.25, 0.3) is 0 Å². The summed E-state index contributed by atoms with van der Waals surface area (Å²) in [7, 11) is -3.40. The average molecular weight is 266 g/mol. The minimum absolute atomic E-state index is 0.361. The Bertz CT molecular complexity index is 550. The normalized spacial score (nSPS) is 16.4. The van der Waals surface area contributed by atoms with Crippen LogP contribution in [0.5, 0.6) is 0 Å². The second kappa shape index (κ2) is 5.65. The number of hydrogen-bond acceptors (Lipinski definition) is 3. The number of rotatable bonds is 4. The van der Waals surface area contributed by atoms with Gasteiger partial charge in [0.05, 0.1) is 4.90 Å². The van der Waals surface area contributed by atoms with E-state index in [1.165, 1.54) is 0 Å². The molecule has 0 fully saturated rings. The molecule has 0 saturated heterocycles. The highest BCUT2D eigenvalue weighted by Gasteiger charge is 2.16. The summed E-state index contributed by atoms with van der Waals surface area (Å²) in [5.41, 5.74) is 1.91. The van der Waals surface area contributed by atoms with Crippen molar-refractivity contribution >= 4 is 10.0 Å². The molecule has 98 valence electrons. The zero-order chi connectivity index (χ0) is 13.0. The van der Waals surface area contributed by atoms with Crippen LogP contribution in [0.1, 0.15) is 12.0 Å². The molecule has 18 heavy (non-hydrogen) atoms. The fourth-order valence-electron chi connectivity index (χ4n) is 1.95. The highest BCUT2D eigenvalue weighted by molar-refractivity contribution is 7.89. The Balaban J connectivity index is 2.08. The van der Waals surface area contributed by atoms with Crippen LogP contribution in [-0.4, -0.2) is 28.1 Å². The lowest BCUT2D eigenvalue weighted by Gasteiger charge is -2.15. The second-order valence-corrected chi connectivity index (χ2v) is 6.14. The molecule has 5 heteroatoms. The monoisotopic (exact) mass is 266 g/mol. The smallest absolute Gasteiger partial charge is 0.241 e. The second-order valence-electron chi connectivity index (χ2n) is 4.41. The van der Waals surface area contributed by atoms with Crippen LogP contribution in [0.2, 0.25) is 0 Å². The first-order valence-electron chi connectivity index (χ1n) is 6.03. The number of aryl methyl sites for hydroxylation is 1. The van der Waals surface area contributed by atoms with E-state index in [2.05, 4.69) is 10.0 Å². The van der Waals surface area contributed by atoms with E-state index >= 15 is 0 Å². The Morgan fingerprint density at radius 1 is 1.33 bits per heavy atom. The third-order valence-corrected chi connectivity index (χ3v) is 4.59. The first kappa shape index (κ1) is 13.3. The van der Waals surface area contributed by atoms with E-state index in [0.29, 0.717) is 11.4 Å². The molecular weight excluding hydrogens is 248 g/mol. The van der Waals surface area contributed by atoms with Crippen LogP contribution < -0.4 is 10.0 Å². The van der Waals surface area contributed by atoms with Gasteiger partial charge in [-0.3, -0.25) is 0 Å². The van der Waals surface area contributed by atoms with Gasteiger partial charge in [-0.1, -0.05) is 29.8 Å². The number of nitrogens with one attached hydrogen (secondary N) is 2. The van der Waals surface area contributed by atoms with Gasteiger partial charge in [0.2, 0.25) is 10.0 Å². The molecule has 0 amide bonds. The molecule has 1 aromatic carbocycles. The Kier molecular flexibility index (Phi) is 4.16. The van der Waals surface area contributed by atoms with E-state index in [1.54, 1.807) is 25.1 Å². The summed E-state index contributed by atoms with van der Waals surface area (Å²) < 4.78 is 26.9. The average Bonchev–Trinajstić information content (AvgIpc) is 2.38. The number of hydrogen-bond donors (Lipinski definition) is 2. The molecule has 1 heterocycles. The molecule has 0 saturated carbocycles. The van der Waals surface area contributed by atoms with Crippen LogP contribution in [0, 0.1) is 6.92 Å². The van der Waals surface area contributed by atoms with Crippen molar-refractivity contribution in [2.75, 3.05) is 19.6 Å². The van der Waals surface area contributed by atoms with Crippen molar-refractivity contribution in [3.8, 4) is 0 Å². The molecule has 0 unspecified atom stereocenters. The fourth-order valence-corrected chi connectivity index (χ4v) is 3.23. The van der Waals surface area contributed by atoms with E-state index in [1.807, 2.05) is 12.1 Å². The Morgan fingerprint density at radius 2 is 2.11 bits per heavy atom. The summed E-state index contributed by atoms with van der Waals surface area (Å²) in [6, 6.07) is 7.02. The highest BCUT2D eigenvalue weighted by Crippen LogP contribution is 2.14. The van der Waals surface area contributed by atoms with E-state index in [9.17, 15) is 8.42 Å². The predicted octanol–water partition coefficient (Wildman–Crippen LogP) is 1.19. The number of benzene rings is 1. The Morgan fingerprint density at radius 3 is 2.78 bits per heavy atom. The first-order valence-corrected chi connectivity index (χ1v) is 7.52. The van der Waals surface area contributed by atoms with Crippen LogP contribution in [0.15, 0.2) is 40.8 Å². The third-order valence-electron chi connectivity index (χ3n) is 3.03. The molecular formula is C13H18N2O2S. The van der Waals surface area contributed by atoms with E-state index in [0.717, 1.165) is 30.6 Å². The zero-order valence-corrected chi connectivity index (χ0v) is 11.3. The molecule has 1 aromatic rings. The van der Waals surface area contributed by atoms with Gasteiger partial charge in [0.25, 0.3) is 0 Å². The molecule has 1 aliphatic rings. The summed E-state index contributed by atoms with van der Waals surface area (Å²) in [6.07, 6.45) is 2.94. The van der Waals surface area contributed by atoms with Crippen molar-refractivity contribution in [1.82, 2.24) is 10.0 Å². The van der Waals surface area contributed by atoms with Crippen molar-refractivity contribution in [2.24, 2.45) is 0 Å². The SMILES string of the molecule is Cc1ccccc1S(=O)(=O)NCC1=CCNCC1. The molecule has 0 spiro atoms. The largest absolute Gasteiger partial charge is 0.313 e. The molecule has 0 atom stereocenters. The lowest BCUT2D eigenvalue weighted by atomic mass is 10.1. The predicted molar refractivity (Wildman–Crippen MR) is 71.9 cm³/mol. The minimum Gasteiger partial charge on any atom is -0.313 e. The zero-order valence-electron chi connectivity index (χ0n) is 10.4. The summed E-state index contributed by atoms with van der Waals surface area (Å²) in [4.78, 5) is 0.361. The lowest BCUT2D eigenvalue weighted by Crippen LogP contribution is -2.30. The summed E-state index contributed by atoms with van der Waals surface area (Å²) in [5.74, 6) is 0. The van der Waals surface area contributed by atoms with Gasteiger partial charge in [0.15, 0.2) is 0 Å². The van der Waals surface area contributed by atoms with Crippen LogP contribution in [0.3, 0.4) is 0 Å². The highest BCUT2D eigenvalue weighted by atomic mass is 32.2. The van der Waals surface area contributed by atoms with Gasteiger partial charge < -0.3 is 5.32 Å². The quantitative estimate of drug-likeness (QED) is 0.805. The molecule has 0 aromatic heterocycles. The third kappa shape index (κ3) is 3.19. The molecule has 2 N–H and O–H groups in total. The molecule has 0 aliphatic carbocycles. The van der Waals surface area contributed by atoms with Gasteiger partial charge in [-0.25, -0.2) is 13.1 Å². The van der Waals surface area contributed by atoms with Gasteiger partial charge in [-0.15, -0.1) is 0 Å². The maximum atomic E-state index is 12.1. The maximum absolute atomic E-state index is 12.1. The van der Waals surface area contributed by atoms with Gasteiger partial charge in [-0.2, -0.15) is 0 Å². The topological polar surface area (TPSA) is 58.2 Å². The Hall–Kier alpha value is -1.17. The van der Waals surface area contributed by atoms with Crippen molar-refractivity contribution < 1.29 is 8.42 Å². The fraction of sp³-hybridized carbons (Fsp3) is 0.385. The van der Waals surface area contributed by atoms with Gasteiger partial charge in [0, 0.05) is 13.1 Å². The van der Waals surface area contributed by atoms with Gasteiger partial charge in [0.1, 0.15) is 0 Å². The maximum Gasteiger partial charge on any atom is 0.241 e. The summed E-state index contributed by atoms with van der Waals surface area (Å²) in [5, 5.41) is 3.20. The van der Waals surface area contributed by atoms with Gasteiger partial charge >= 0.3 is 0 Å². The minimum atomic E-state index is -3.40. The first-order chi connectivity index (χ1) is 8.59. The van der Waals surface area contributed by atoms with E-state index < -0.39 is 10.0 Å². The molecule has 4 nitrogen and oxygen atoms in total. The van der Waals surface area contributed by atoms with Crippen LogP contribution in [-0.2, 0) is 10.0 Å². The molecule has 0 bridgehead atoms. The van der Waals surface area contributed by atoms with Crippen molar-refractivity contribution in [1.29, 1.82) is 0 Å². The summed E-state index contributed by atoms with van der Waals surface area (Å²) in [6.45, 7) is 3.94. The molecule has 2 rings (SSSR count). The molecule has 1 aliphatic heterocycles. The van der Waals surface area contributed by atoms with Crippen molar-refractivity contribution in [3.63, 3.8) is 0 Å². The number of sulfonamides is 1. The van der Waals surface area contributed by atoms with Crippen LogP contribution >= 0.6 is 0 Å².